The molecule has 1 aromatic rings. The molecule has 2 rings (SSSR count). The van der Waals surface area contributed by atoms with Gasteiger partial charge in [0.25, 0.3) is 0 Å². The van der Waals surface area contributed by atoms with Gasteiger partial charge in [-0.05, 0) is 0 Å². The van der Waals surface area contributed by atoms with Crippen molar-refractivity contribution in [3.8, 4) is 0 Å². The number of piperazine rings is 1. The fourth-order valence-corrected chi connectivity index (χ4v) is 2.85. The second kappa shape index (κ2) is 9.31. The van der Waals surface area contributed by atoms with Gasteiger partial charge in [-0.15, -0.1) is 31.4 Å². The van der Waals surface area contributed by atoms with Gasteiger partial charge in [-0.1, -0.05) is 40.9 Å². The third kappa shape index (κ3) is 4.38. The summed E-state index contributed by atoms with van der Waals surface area (Å²) in [6, 6.07) is -0.0346. The van der Waals surface area contributed by atoms with Crippen LogP contribution in [0.5, 0.6) is 0 Å². The number of nitrogens with zero attached hydrogens (tertiary/aromatic N) is 2. The largest absolute Gasteiger partial charge is 0.314 e. The van der Waals surface area contributed by atoms with Crippen molar-refractivity contribution in [1.29, 1.82) is 0 Å². The third-order valence-electron chi connectivity index (χ3n) is 3.03. The topological polar surface area (TPSA) is 28.2 Å². The Morgan fingerprint density at radius 1 is 1.25 bits per heavy atom. The van der Waals surface area contributed by atoms with E-state index in [1.54, 1.807) is 0 Å². The van der Waals surface area contributed by atoms with Crippen LogP contribution in [0.1, 0.15) is 11.6 Å². The Labute approximate surface area is 146 Å². The van der Waals surface area contributed by atoms with Gasteiger partial charge in [0, 0.05) is 37.9 Å². The smallest absolute Gasteiger partial charge is 0.148 e. The monoisotopic (exact) mass is 377 g/mol. The minimum absolute atomic E-state index is 0. The SMILES string of the molecule is C=C[C@@H](c1c(Cl)cnc(Cl)c1Cl)N1CCNCC1.Cl.Cl. The number of hydrogen-bond acceptors (Lipinski definition) is 3. The molecule has 1 saturated heterocycles. The van der Waals surface area contributed by atoms with E-state index in [4.69, 9.17) is 34.8 Å². The van der Waals surface area contributed by atoms with E-state index in [9.17, 15) is 0 Å². The molecule has 1 aliphatic rings. The minimum Gasteiger partial charge on any atom is -0.314 e. The molecule has 114 valence electrons. The molecule has 1 N–H and O–H groups in total. The number of halogens is 5. The first kappa shape index (κ1) is 20.3. The minimum atomic E-state index is -0.0346. The lowest BCUT2D eigenvalue weighted by Crippen LogP contribution is -2.44. The molecule has 3 nitrogen and oxygen atoms in total. The van der Waals surface area contributed by atoms with Crippen LogP contribution in [-0.2, 0) is 0 Å². The van der Waals surface area contributed by atoms with Crippen molar-refractivity contribution in [2.24, 2.45) is 0 Å². The van der Waals surface area contributed by atoms with E-state index in [-0.39, 0.29) is 36.0 Å². The van der Waals surface area contributed by atoms with Crippen LogP contribution in [-0.4, -0.2) is 36.1 Å². The zero-order valence-electron chi connectivity index (χ0n) is 10.6. The summed E-state index contributed by atoms with van der Waals surface area (Å²) in [5.74, 6) is 0. The van der Waals surface area contributed by atoms with Gasteiger partial charge in [0.05, 0.1) is 16.1 Å². The van der Waals surface area contributed by atoms with E-state index < -0.39 is 0 Å². The van der Waals surface area contributed by atoms with E-state index in [0.717, 1.165) is 31.7 Å². The molecule has 0 spiro atoms. The number of nitrogens with one attached hydrogen (secondary N) is 1. The highest BCUT2D eigenvalue weighted by molar-refractivity contribution is 6.43. The molecule has 1 aromatic heterocycles. The van der Waals surface area contributed by atoms with Crippen LogP contribution in [0.4, 0.5) is 0 Å². The normalized spacial score (nSPS) is 16.8. The first-order chi connectivity index (χ1) is 8.65. The van der Waals surface area contributed by atoms with Crippen molar-refractivity contribution >= 4 is 59.6 Å². The van der Waals surface area contributed by atoms with Gasteiger partial charge in [0.1, 0.15) is 5.15 Å². The maximum absolute atomic E-state index is 6.22. The Kier molecular flexibility index (Phi) is 9.43. The summed E-state index contributed by atoms with van der Waals surface area (Å²) in [4.78, 5) is 6.21. The Morgan fingerprint density at radius 2 is 1.85 bits per heavy atom. The Balaban J connectivity index is 0.00000180. The van der Waals surface area contributed by atoms with Crippen molar-refractivity contribution < 1.29 is 0 Å². The van der Waals surface area contributed by atoms with Crippen LogP contribution < -0.4 is 5.32 Å². The van der Waals surface area contributed by atoms with Gasteiger partial charge in [0.15, 0.2) is 0 Å². The molecule has 0 bridgehead atoms. The number of hydrogen-bond donors (Lipinski definition) is 1. The second-order valence-electron chi connectivity index (χ2n) is 4.09. The van der Waals surface area contributed by atoms with E-state index in [2.05, 4.69) is 21.8 Å². The molecule has 1 fully saturated rings. The molecule has 0 unspecified atom stereocenters. The second-order valence-corrected chi connectivity index (χ2v) is 5.23. The fourth-order valence-electron chi connectivity index (χ4n) is 2.14. The molecule has 1 atom stereocenters. The van der Waals surface area contributed by atoms with Gasteiger partial charge in [0.2, 0.25) is 0 Å². The van der Waals surface area contributed by atoms with Crippen molar-refractivity contribution in [2.75, 3.05) is 26.2 Å². The predicted octanol–water partition coefficient (Wildman–Crippen LogP) is 4.02. The lowest BCUT2D eigenvalue weighted by molar-refractivity contribution is 0.203. The van der Waals surface area contributed by atoms with E-state index >= 15 is 0 Å². The lowest BCUT2D eigenvalue weighted by Gasteiger charge is -2.34. The van der Waals surface area contributed by atoms with Gasteiger partial charge < -0.3 is 5.32 Å². The molecule has 20 heavy (non-hydrogen) atoms. The quantitative estimate of drug-likeness (QED) is 0.635. The van der Waals surface area contributed by atoms with Crippen LogP contribution in [0.3, 0.4) is 0 Å². The van der Waals surface area contributed by atoms with Gasteiger partial charge in [-0.2, -0.15) is 0 Å². The fraction of sp³-hybridized carbons (Fsp3) is 0.417. The van der Waals surface area contributed by atoms with Crippen molar-refractivity contribution in [1.82, 2.24) is 15.2 Å². The Morgan fingerprint density at radius 3 is 2.40 bits per heavy atom. The maximum atomic E-state index is 6.22. The summed E-state index contributed by atoms with van der Waals surface area (Å²) in [6.07, 6.45) is 3.37. The summed E-state index contributed by atoms with van der Waals surface area (Å²) in [5.41, 5.74) is 0.787. The molecule has 8 heteroatoms. The van der Waals surface area contributed by atoms with Crippen molar-refractivity contribution in [2.45, 2.75) is 6.04 Å². The van der Waals surface area contributed by atoms with E-state index in [1.165, 1.54) is 6.20 Å². The van der Waals surface area contributed by atoms with Crippen LogP contribution in [0.25, 0.3) is 0 Å². The molecule has 0 aliphatic carbocycles. The zero-order valence-corrected chi connectivity index (χ0v) is 14.5. The molecule has 0 aromatic carbocycles. The summed E-state index contributed by atoms with van der Waals surface area (Å²) in [6.45, 7) is 7.61. The van der Waals surface area contributed by atoms with Gasteiger partial charge >= 0.3 is 0 Å². The number of aromatic nitrogens is 1. The summed E-state index contributed by atoms with van der Waals surface area (Å²) in [5, 5.41) is 4.51. The summed E-state index contributed by atoms with van der Waals surface area (Å²) < 4.78 is 0. The highest BCUT2D eigenvalue weighted by atomic mass is 35.5. The molecular formula is C12H16Cl5N3. The number of pyridine rings is 1. The molecular weight excluding hydrogens is 363 g/mol. The molecule has 0 saturated carbocycles. The number of rotatable bonds is 3. The summed E-state index contributed by atoms with van der Waals surface area (Å²) in [7, 11) is 0. The lowest BCUT2D eigenvalue weighted by atomic mass is 10.1. The van der Waals surface area contributed by atoms with Crippen molar-refractivity contribution in [3.63, 3.8) is 0 Å². The zero-order chi connectivity index (χ0) is 13.1. The summed E-state index contributed by atoms with van der Waals surface area (Å²) >= 11 is 18.4. The van der Waals surface area contributed by atoms with Crippen LogP contribution >= 0.6 is 59.6 Å². The van der Waals surface area contributed by atoms with Gasteiger partial charge in [-0.3, -0.25) is 4.90 Å². The first-order valence-corrected chi connectivity index (χ1v) is 6.85. The molecule has 0 amide bonds. The van der Waals surface area contributed by atoms with Crippen LogP contribution in [0.15, 0.2) is 18.9 Å². The molecule has 2 heterocycles. The van der Waals surface area contributed by atoms with Crippen LogP contribution in [0, 0.1) is 0 Å². The van der Waals surface area contributed by atoms with E-state index in [1.807, 2.05) is 6.08 Å². The van der Waals surface area contributed by atoms with E-state index in [0.29, 0.717) is 10.0 Å². The average Bonchev–Trinajstić information content (AvgIpc) is 2.40. The standard InChI is InChI=1S/C12H14Cl3N3.2ClH/c1-2-9(18-5-3-16-4-6-18)10-8(13)7-17-12(15)11(10)14;;/h2,7,9,16H,1,3-6H2;2*1H/t9-;;/m0../s1. The van der Waals surface area contributed by atoms with Gasteiger partial charge in [-0.25, -0.2) is 4.98 Å². The molecule has 1 aliphatic heterocycles. The molecule has 0 radical (unpaired) electrons. The average molecular weight is 380 g/mol. The third-order valence-corrected chi connectivity index (χ3v) is 4.10. The van der Waals surface area contributed by atoms with Crippen LogP contribution in [0.2, 0.25) is 15.2 Å². The van der Waals surface area contributed by atoms with Crippen molar-refractivity contribution in [3.05, 3.63) is 39.6 Å². The highest BCUT2D eigenvalue weighted by Crippen LogP contribution is 2.37. The highest BCUT2D eigenvalue weighted by Gasteiger charge is 2.25. The Hall–Kier alpha value is 0.260. The maximum Gasteiger partial charge on any atom is 0.148 e. The Bertz CT molecular complexity index is 449. The predicted molar refractivity (Wildman–Crippen MR) is 91.1 cm³/mol. The first-order valence-electron chi connectivity index (χ1n) is 5.72.